The minimum absolute atomic E-state index is 0.590. The number of benzene rings is 1. The first-order valence-electron chi connectivity index (χ1n) is 5.72. The van der Waals surface area contributed by atoms with Gasteiger partial charge in [0.2, 0.25) is 0 Å². The summed E-state index contributed by atoms with van der Waals surface area (Å²) in [5, 5.41) is 4.78. The van der Waals surface area contributed by atoms with Gasteiger partial charge >= 0.3 is 0 Å². The average molecular weight is 271 g/mol. The summed E-state index contributed by atoms with van der Waals surface area (Å²) in [6.45, 7) is 5.99. The van der Waals surface area contributed by atoms with Gasteiger partial charge in [-0.3, -0.25) is 0 Å². The molecule has 0 atom stereocenters. The molecule has 17 heavy (non-hydrogen) atoms. The van der Waals surface area contributed by atoms with Gasteiger partial charge in [-0.25, -0.2) is 0 Å². The fraction of sp³-hybridized carbons (Fsp3) is 0.462. The Morgan fingerprint density at radius 3 is 2.76 bits per heavy atom. The van der Waals surface area contributed by atoms with Gasteiger partial charge in [-0.2, -0.15) is 0 Å². The average Bonchev–Trinajstić information content (AvgIpc) is 2.25. The minimum atomic E-state index is 0.590. The van der Waals surface area contributed by atoms with Gasteiger partial charge < -0.3 is 10.2 Å². The summed E-state index contributed by atoms with van der Waals surface area (Å²) < 4.78 is 0. The highest BCUT2D eigenvalue weighted by Gasteiger charge is 2.05. The second-order valence-corrected chi connectivity index (χ2v) is 5.39. The molecule has 0 spiro atoms. The van der Waals surface area contributed by atoms with E-state index < -0.39 is 0 Å². The standard InChI is InChI=1S/C13H19ClN2S/c1-10(2)8-15-13(17)16(3)9-11-5-4-6-12(14)7-11/h4-7,10H,8-9H2,1-3H3,(H,15,17). The van der Waals surface area contributed by atoms with Crippen LogP contribution in [0.4, 0.5) is 0 Å². The van der Waals surface area contributed by atoms with Crippen LogP contribution in [-0.4, -0.2) is 23.6 Å². The van der Waals surface area contributed by atoms with Gasteiger partial charge in [0.05, 0.1) is 0 Å². The number of thiocarbonyl (C=S) groups is 1. The lowest BCUT2D eigenvalue weighted by Crippen LogP contribution is -2.38. The number of nitrogens with zero attached hydrogens (tertiary/aromatic N) is 1. The number of nitrogens with one attached hydrogen (secondary N) is 1. The van der Waals surface area contributed by atoms with Crippen LogP contribution in [-0.2, 0) is 6.54 Å². The third kappa shape index (κ3) is 5.37. The summed E-state index contributed by atoms with van der Waals surface area (Å²) in [5.41, 5.74) is 1.16. The number of hydrogen-bond donors (Lipinski definition) is 1. The Morgan fingerprint density at radius 2 is 2.18 bits per heavy atom. The van der Waals surface area contributed by atoms with Crippen LogP contribution in [0.5, 0.6) is 0 Å². The quantitative estimate of drug-likeness (QED) is 0.845. The Labute approximate surface area is 114 Å². The monoisotopic (exact) mass is 270 g/mol. The molecule has 0 aromatic heterocycles. The fourth-order valence-electron chi connectivity index (χ4n) is 1.41. The molecule has 0 fully saturated rings. The molecule has 0 unspecified atom stereocenters. The van der Waals surface area contributed by atoms with Crippen LogP contribution in [0, 0.1) is 5.92 Å². The van der Waals surface area contributed by atoms with Crippen LogP contribution in [0.3, 0.4) is 0 Å². The molecule has 1 aromatic carbocycles. The fourth-order valence-corrected chi connectivity index (χ4v) is 1.77. The van der Waals surface area contributed by atoms with Crippen LogP contribution >= 0.6 is 23.8 Å². The van der Waals surface area contributed by atoms with Crippen molar-refractivity contribution < 1.29 is 0 Å². The maximum atomic E-state index is 5.94. The van der Waals surface area contributed by atoms with E-state index in [2.05, 4.69) is 19.2 Å². The van der Waals surface area contributed by atoms with Gasteiger partial charge in [-0.15, -0.1) is 0 Å². The summed E-state index contributed by atoms with van der Waals surface area (Å²) in [4.78, 5) is 2.02. The number of hydrogen-bond acceptors (Lipinski definition) is 1. The molecule has 94 valence electrons. The van der Waals surface area contributed by atoms with Crippen molar-refractivity contribution in [3.8, 4) is 0 Å². The Bertz CT molecular complexity index is 379. The Kier molecular flexibility index (Phi) is 5.72. The minimum Gasteiger partial charge on any atom is -0.362 e. The van der Waals surface area contributed by atoms with Gasteiger partial charge in [0.25, 0.3) is 0 Å². The maximum Gasteiger partial charge on any atom is 0.168 e. The van der Waals surface area contributed by atoms with E-state index in [9.17, 15) is 0 Å². The number of halogens is 1. The van der Waals surface area contributed by atoms with E-state index in [1.54, 1.807) is 0 Å². The van der Waals surface area contributed by atoms with Crippen LogP contribution < -0.4 is 5.32 Å². The zero-order valence-corrected chi connectivity index (χ0v) is 12.1. The molecule has 4 heteroatoms. The van der Waals surface area contributed by atoms with Crippen LogP contribution in [0.2, 0.25) is 5.02 Å². The van der Waals surface area contributed by atoms with Crippen molar-refractivity contribution in [3.05, 3.63) is 34.9 Å². The van der Waals surface area contributed by atoms with Crippen LogP contribution in [0.25, 0.3) is 0 Å². The third-order valence-corrected chi connectivity index (χ3v) is 3.01. The number of rotatable bonds is 4. The van der Waals surface area contributed by atoms with Crippen LogP contribution in [0.15, 0.2) is 24.3 Å². The third-order valence-electron chi connectivity index (χ3n) is 2.32. The van der Waals surface area contributed by atoms with E-state index in [0.29, 0.717) is 5.92 Å². The molecule has 1 rings (SSSR count). The molecule has 0 aliphatic carbocycles. The lowest BCUT2D eigenvalue weighted by atomic mass is 10.2. The Balaban J connectivity index is 2.48. The van der Waals surface area contributed by atoms with Gasteiger partial charge in [-0.1, -0.05) is 37.6 Å². The van der Waals surface area contributed by atoms with Gasteiger partial charge in [0.15, 0.2) is 5.11 Å². The molecular weight excluding hydrogens is 252 g/mol. The molecule has 0 heterocycles. The predicted molar refractivity (Wildman–Crippen MR) is 78.4 cm³/mol. The van der Waals surface area contributed by atoms with E-state index in [1.807, 2.05) is 36.2 Å². The Morgan fingerprint density at radius 1 is 1.47 bits per heavy atom. The van der Waals surface area contributed by atoms with E-state index in [0.717, 1.165) is 28.8 Å². The lowest BCUT2D eigenvalue weighted by Gasteiger charge is -2.22. The van der Waals surface area contributed by atoms with Crippen LogP contribution in [0.1, 0.15) is 19.4 Å². The highest BCUT2D eigenvalue weighted by atomic mass is 35.5. The van der Waals surface area contributed by atoms with E-state index in [4.69, 9.17) is 23.8 Å². The molecule has 0 aliphatic heterocycles. The van der Waals surface area contributed by atoms with Gasteiger partial charge in [0.1, 0.15) is 0 Å². The van der Waals surface area contributed by atoms with E-state index >= 15 is 0 Å². The van der Waals surface area contributed by atoms with Crippen molar-refractivity contribution in [1.29, 1.82) is 0 Å². The summed E-state index contributed by atoms with van der Waals surface area (Å²) >= 11 is 11.3. The second-order valence-electron chi connectivity index (χ2n) is 4.57. The SMILES string of the molecule is CC(C)CNC(=S)N(C)Cc1cccc(Cl)c1. The maximum absolute atomic E-state index is 5.94. The van der Waals surface area contributed by atoms with E-state index in [1.165, 1.54) is 0 Å². The molecule has 0 radical (unpaired) electrons. The smallest absolute Gasteiger partial charge is 0.168 e. The zero-order chi connectivity index (χ0) is 12.8. The molecular formula is C13H19ClN2S. The first kappa shape index (κ1) is 14.3. The molecule has 1 N–H and O–H groups in total. The van der Waals surface area contributed by atoms with Crippen molar-refractivity contribution in [1.82, 2.24) is 10.2 Å². The van der Waals surface area contributed by atoms with Gasteiger partial charge in [0, 0.05) is 25.2 Å². The van der Waals surface area contributed by atoms with E-state index in [-0.39, 0.29) is 0 Å². The Hall–Kier alpha value is -0.800. The largest absolute Gasteiger partial charge is 0.362 e. The van der Waals surface area contributed by atoms with Crippen molar-refractivity contribution in [2.24, 2.45) is 5.92 Å². The summed E-state index contributed by atoms with van der Waals surface area (Å²) in [6, 6.07) is 7.84. The van der Waals surface area contributed by atoms with Gasteiger partial charge in [-0.05, 0) is 35.8 Å². The van der Waals surface area contributed by atoms with Crippen molar-refractivity contribution in [3.63, 3.8) is 0 Å². The molecule has 2 nitrogen and oxygen atoms in total. The predicted octanol–water partition coefficient (Wildman–Crippen LogP) is 3.30. The summed E-state index contributed by atoms with van der Waals surface area (Å²) in [7, 11) is 1.98. The normalized spacial score (nSPS) is 10.4. The molecule has 0 aliphatic rings. The molecule has 0 amide bonds. The molecule has 0 saturated carbocycles. The zero-order valence-electron chi connectivity index (χ0n) is 10.5. The van der Waals surface area contributed by atoms with Crippen molar-refractivity contribution >= 4 is 28.9 Å². The molecule has 0 saturated heterocycles. The molecule has 1 aromatic rings. The highest BCUT2D eigenvalue weighted by Crippen LogP contribution is 2.12. The van der Waals surface area contributed by atoms with Crippen molar-refractivity contribution in [2.75, 3.05) is 13.6 Å². The second kappa shape index (κ2) is 6.82. The molecule has 0 bridgehead atoms. The van der Waals surface area contributed by atoms with Crippen molar-refractivity contribution in [2.45, 2.75) is 20.4 Å². The topological polar surface area (TPSA) is 15.3 Å². The highest BCUT2D eigenvalue weighted by molar-refractivity contribution is 7.80. The first-order chi connectivity index (χ1) is 7.99. The summed E-state index contributed by atoms with van der Waals surface area (Å²) in [5.74, 6) is 0.590. The first-order valence-corrected chi connectivity index (χ1v) is 6.51. The summed E-state index contributed by atoms with van der Waals surface area (Å²) in [6.07, 6.45) is 0. The lowest BCUT2D eigenvalue weighted by molar-refractivity contribution is 0.480.